The molecule has 0 saturated carbocycles. The van der Waals surface area contributed by atoms with Crippen molar-refractivity contribution in [3.63, 3.8) is 0 Å². The van der Waals surface area contributed by atoms with Gasteiger partial charge in [0.15, 0.2) is 0 Å². The molecular weight excluding hydrogens is 350 g/mol. The molecule has 1 aromatic heterocycles. The normalized spacial score (nSPS) is 15.3. The monoisotopic (exact) mass is 375 g/mol. The van der Waals surface area contributed by atoms with Crippen LogP contribution in [0.2, 0.25) is 5.02 Å². The Labute approximate surface area is 159 Å². The molecule has 3 rings (SSSR count). The smallest absolute Gasteiger partial charge is 0.227 e. The fourth-order valence-electron chi connectivity index (χ4n) is 3.63. The van der Waals surface area contributed by atoms with Gasteiger partial charge >= 0.3 is 0 Å². The van der Waals surface area contributed by atoms with Crippen molar-refractivity contribution in [2.75, 3.05) is 20.2 Å². The van der Waals surface area contributed by atoms with Crippen LogP contribution < -0.4 is 4.74 Å². The minimum Gasteiger partial charge on any atom is -0.496 e. The van der Waals surface area contributed by atoms with Crippen LogP contribution in [0.4, 0.5) is 0 Å². The standard InChI is InChI=1S/C20H26ClN3O2/c1-14-10-15(2)24(22-14)13-16-6-8-23(9-7-16)20(25)12-17-11-18(21)4-5-19(17)26-3/h4-5,10-11,16H,6-9,12-13H2,1-3H3. The molecule has 2 heterocycles. The minimum atomic E-state index is 0.134. The van der Waals surface area contributed by atoms with Gasteiger partial charge in [0.05, 0.1) is 19.2 Å². The van der Waals surface area contributed by atoms with E-state index in [2.05, 4.69) is 22.8 Å². The summed E-state index contributed by atoms with van der Waals surface area (Å²) in [6.07, 6.45) is 2.35. The third-order valence-corrected chi connectivity index (χ3v) is 5.32. The molecule has 0 bridgehead atoms. The Bertz CT molecular complexity index is 779. The lowest BCUT2D eigenvalue weighted by atomic mass is 9.96. The van der Waals surface area contributed by atoms with Crippen molar-refractivity contribution in [3.8, 4) is 5.75 Å². The molecule has 0 atom stereocenters. The number of benzene rings is 1. The number of piperidine rings is 1. The van der Waals surface area contributed by atoms with Gasteiger partial charge in [-0.1, -0.05) is 11.6 Å². The van der Waals surface area contributed by atoms with Crippen molar-refractivity contribution >= 4 is 17.5 Å². The van der Waals surface area contributed by atoms with Gasteiger partial charge in [-0.3, -0.25) is 9.48 Å². The van der Waals surface area contributed by atoms with Crippen LogP contribution in [0.15, 0.2) is 24.3 Å². The molecule has 5 nitrogen and oxygen atoms in total. The Morgan fingerprint density at radius 1 is 1.27 bits per heavy atom. The van der Waals surface area contributed by atoms with Crippen LogP contribution >= 0.6 is 11.6 Å². The molecule has 2 aromatic rings. The van der Waals surface area contributed by atoms with Crippen LogP contribution in [0.25, 0.3) is 0 Å². The molecule has 1 aliphatic rings. The number of likely N-dealkylation sites (tertiary alicyclic amines) is 1. The molecule has 0 radical (unpaired) electrons. The van der Waals surface area contributed by atoms with Gasteiger partial charge in [-0.25, -0.2) is 0 Å². The van der Waals surface area contributed by atoms with Crippen LogP contribution in [-0.2, 0) is 17.8 Å². The van der Waals surface area contributed by atoms with Crippen LogP contribution in [0.1, 0.15) is 29.8 Å². The number of nitrogens with zero attached hydrogens (tertiary/aromatic N) is 3. The van der Waals surface area contributed by atoms with Crippen LogP contribution in [0.5, 0.6) is 5.75 Å². The number of aryl methyl sites for hydroxylation is 2. The molecule has 140 valence electrons. The van der Waals surface area contributed by atoms with E-state index < -0.39 is 0 Å². The van der Waals surface area contributed by atoms with E-state index in [1.165, 1.54) is 5.69 Å². The van der Waals surface area contributed by atoms with E-state index >= 15 is 0 Å². The predicted octanol–water partition coefficient (Wildman–Crippen LogP) is 3.64. The maximum Gasteiger partial charge on any atom is 0.227 e. The summed E-state index contributed by atoms with van der Waals surface area (Å²) in [7, 11) is 1.61. The van der Waals surface area contributed by atoms with Crippen molar-refractivity contribution in [2.24, 2.45) is 5.92 Å². The second kappa shape index (κ2) is 8.12. The fourth-order valence-corrected chi connectivity index (χ4v) is 3.82. The number of amides is 1. The first-order valence-corrected chi connectivity index (χ1v) is 9.45. The topological polar surface area (TPSA) is 47.4 Å². The number of halogens is 1. The van der Waals surface area contributed by atoms with Crippen molar-refractivity contribution in [1.29, 1.82) is 0 Å². The number of ether oxygens (including phenoxy) is 1. The second-order valence-electron chi connectivity index (χ2n) is 7.07. The van der Waals surface area contributed by atoms with E-state index in [9.17, 15) is 4.79 Å². The molecule has 1 aromatic carbocycles. The second-order valence-corrected chi connectivity index (χ2v) is 7.50. The molecule has 1 aliphatic heterocycles. The number of carbonyl (C=O) groups is 1. The van der Waals surface area contributed by atoms with Crippen LogP contribution in [0.3, 0.4) is 0 Å². The first-order chi connectivity index (χ1) is 12.5. The highest BCUT2D eigenvalue weighted by Crippen LogP contribution is 2.25. The highest BCUT2D eigenvalue weighted by atomic mass is 35.5. The number of hydrogen-bond acceptors (Lipinski definition) is 3. The van der Waals surface area contributed by atoms with Gasteiger partial charge in [0.25, 0.3) is 0 Å². The Hall–Kier alpha value is -2.01. The first-order valence-electron chi connectivity index (χ1n) is 9.07. The number of hydrogen-bond donors (Lipinski definition) is 0. The lowest BCUT2D eigenvalue weighted by Gasteiger charge is -2.32. The van der Waals surface area contributed by atoms with E-state index in [-0.39, 0.29) is 5.91 Å². The van der Waals surface area contributed by atoms with Crippen molar-refractivity contribution < 1.29 is 9.53 Å². The van der Waals surface area contributed by atoms with Crippen LogP contribution in [0, 0.1) is 19.8 Å². The third-order valence-electron chi connectivity index (χ3n) is 5.09. The summed E-state index contributed by atoms with van der Waals surface area (Å²) in [5.41, 5.74) is 3.11. The SMILES string of the molecule is COc1ccc(Cl)cc1CC(=O)N1CCC(Cn2nc(C)cc2C)CC1. The first kappa shape index (κ1) is 18.8. The summed E-state index contributed by atoms with van der Waals surface area (Å²) in [5.74, 6) is 1.41. The van der Waals surface area contributed by atoms with Gasteiger partial charge in [0.2, 0.25) is 5.91 Å². The van der Waals surface area contributed by atoms with Gasteiger partial charge < -0.3 is 9.64 Å². The predicted molar refractivity (Wildman–Crippen MR) is 103 cm³/mol. The van der Waals surface area contributed by atoms with E-state index in [1.807, 2.05) is 24.0 Å². The molecule has 1 amide bonds. The Morgan fingerprint density at radius 3 is 2.62 bits per heavy atom. The van der Waals surface area contributed by atoms with Crippen molar-refractivity contribution in [2.45, 2.75) is 39.7 Å². The summed E-state index contributed by atoms with van der Waals surface area (Å²) < 4.78 is 7.44. The highest BCUT2D eigenvalue weighted by Gasteiger charge is 2.24. The quantitative estimate of drug-likeness (QED) is 0.801. The van der Waals surface area contributed by atoms with E-state index in [0.29, 0.717) is 23.1 Å². The number of rotatable bonds is 5. The zero-order chi connectivity index (χ0) is 18.7. The van der Waals surface area contributed by atoms with Gasteiger partial charge in [0, 0.05) is 35.9 Å². The largest absolute Gasteiger partial charge is 0.496 e. The lowest BCUT2D eigenvalue weighted by molar-refractivity contribution is -0.131. The average molecular weight is 376 g/mol. The molecule has 0 aliphatic carbocycles. The van der Waals surface area contributed by atoms with Gasteiger partial charge in [-0.15, -0.1) is 0 Å². The van der Waals surface area contributed by atoms with E-state index in [0.717, 1.165) is 43.7 Å². The molecule has 0 N–H and O–H groups in total. The molecule has 1 saturated heterocycles. The summed E-state index contributed by atoms with van der Waals surface area (Å²) in [4.78, 5) is 14.6. The molecular formula is C20H26ClN3O2. The zero-order valence-electron chi connectivity index (χ0n) is 15.7. The number of aromatic nitrogens is 2. The fraction of sp³-hybridized carbons (Fsp3) is 0.500. The molecule has 6 heteroatoms. The van der Waals surface area contributed by atoms with E-state index in [4.69, 9.17) is 16.3 Å². The zero-order valence-corrected chi connectivity index (χ0v) is 16.4. The number of methoxy groups -OCH3 is 1. The lowest BCUT2D eigenvalue weighted by Crippen LogP contribution is -2.40. The summed E-state index contributed by atoms with van der Waals surface area (Å²) in [6, 6.07) is 7.51. The Kier molecular flexibility index (Phi) is 5.87. The summed E-state index contributed by atoms with van der Waals surface area (Å²) in [6.45, 7) is 6.65. The van der Waals surface area contributed by atoms with Crippen molar-refractivity contribution in [3.05, 3.63) is 46.2 Å². The van der Waals surface area contributed by atoms with Crippen molar-refractivity contribution in [1.82, 2.24) is 14.7 Å². The molecule has 0 spiro atoms. The van der Waals surface area contributed by atoms with Crippen LogP contribution in [-0.4, -0.2) is 40.8 Å². The van der Waals surface area contributed by atoms with E-state index in [1.54, 1.807) is 13.2 Å². The maximum absolute atomic E-state index is 12.7. The summed E-state index contributed by atoms with van der Waals surface area (Å²) >= 11 is 6.06. The minimum absolute atomic E-state index is 0.134. The Balaban J connectivity index is 1.55. The Morgan fingerprint density at radius 2 is 2.00 bits per heavy atom. The average Bonchev–Trinajstić information content (AvgIpc) is 2.93. The molecule has 1 fully saturated rings. The number of carbonyl (C=O) groups excluding carboxylic acids is 1. The van der Waals surface area contributed by atoms with Gasteiger partial charge in [-0.05, 0) is 56.9 Å². The summed E-state index contributed by atoms with van der Waals surface area (Å²) in [5, 5.41) is 5.17. The third kappa shape index (κ3) is 4.39. The maximum atomic E-state index is 12.7. The highest BCUT2D eigenvalue weighted by molar-refractivity contribution is 6.30. The molecule has 0 unspecified atom stereocenters. The van der Waals surface area contributed by atoms with Gasteiger partial charge in [0.1, 0.15) is 5.75 Å². The van der Waals surface area contributed by atoms with Gasteiger partial charge in [-0.2, -0.15) is 5.10 Å². The molecule has 26 heavy (non-hydrogen) atoms.